The average molecular weight is 372 g/mol. The van der Waals surface area contributed by atoms with Crippen LogP contribution in [0.3, 0.4) is 0 Å². The number of ether oxygens (including phenoxy) is 2. The second-order valence-electron chi connectivity index (χ2n) is 6.95. The molecule has 26 heavy (non-hydrogen) atoms. The number of esters is 1. The van der Waals surface area contributed by atoms with Gasteiger partial charge in [0.2, 0.25) is 0 Å². The molecule has 154 valence electrons. The number of nitrogens with one attached hydrogen (secondary N) is 1. The van der Waals surface area contributed by atoms with Gasteiger partial charge < -0.3 is 14.8 Å². The average Bonchev–Trinajstić information content (AvgIpc) is 2.64. The Kier molecular flexibility index (Phi) is 19.1. The Morgan fingerprint density at radius 1 is 0.615 bits per heavy atom. The Morgan fingerprint density at radius 2 is 1.08 bits per heavy atom. The molecular formula is C21H41NO4. The molecule has 1 amide bonds. The third kappa shape index (κ3) is 19.1. The van der Waals surface area contributed by atoms with Gasteiger partial charge in [0.15, 0.2) is 0 Å². The van der Waals surface area contributed by atoms with E-state index >= 15 is 0 Å². The lowest BCUT2D eigenvalue weighted by Crippen LogP contribution is -2.31. The van der Waals surface area contributed by atoms with E-state index in [0.29, 0.717) is 13.2 Å². The van der Waals surface area contributed by atoms with Crippen LogP contribution in [0.25, 0.3) is 0 Å². The van der Waals surface area contributed by atoms with Crippen molar-refractivity contribution in [3.8, 4) is 0 Å². The number of unbranched alkanes of at least 4 members (excludes halogenated alkanes) is 12. The van der Waals surface area contributed by atoms with Crippen LogP contribution in [0.4, 0.5) is 4.79 Å². The molecule has 0 radical (unpaired) electrons. The molecule has 0 aliphatic rings. The van der Waals surface area contributed by atoms with Crippen molar-refractivity contribution in [1.29, 1.82) is 0 Å². The van der Waals surface area contributed by atoms with Crippen molar-refractivity contribution in [3.63, 3.8) is 0 Å². The summed E-state index contributed by atoms with van der Waals surface area (Å²) in [5.74, 6) is -0.402. The smallest absolute Gasteiger partial charge is 0.407 e. The van der Waals surface area contributed by atoms with Crippen molar-refractivity contribution in [3.05, 3.63) is 0 Å². The van der Waals surface area contributed by atoms with Gasteiger partial charge in [-0.3, -0.25) is 4.79 Å². The summed E-state index contributed by atoms with van der Waals surface area (Å²) in [7, 11) is 0. The maximum absolute atomic E-state index is 11.5. The molecule has 0 aromatic rings. The SMILES string of the molecule is CCCCCCCCCCCCCCOC(=O)CNC(=O)OCCCC. The van der Waals surface area contributed by atoms with Gasteiger partial charge in [0.25, 0.3) is 0 Å². The third-order valence-electron chi connectivity index (χ3n) is 4.37. The Labute approximate surface area is 160 Å². The molecule has 0 aliphatic carbocycles. The second-order valence-corrected chi connectivity index (χ2v) is 6.95. The van der Waals surface area contributed by atoms with E-state index in [1.807, 2.05) is 6.92 Å². The molecule has 0 aliphatic heterocycles. The molecule has 0 bridgehead atoms. The van der Waals surface area contributed by atoms with E-state index in [0.717, 1.165) is 25.7 Å². The molecular weight excluding hydrogens is 330 g/mol. The highest BCUT2D eigenvalue weighted by molar-refractivity contribution is 5.77. The van der Waals surface area contributed by atoms with Crippen LogP contribution in [0, 0.1) is 0 Å². The molecule has 0 spiro atoms. The van der Waals surface area contributed by atoms with E-state index in [4.69, 9.17) is 9.47 Å². The van der Waals surface area contributed by atoms with E-state index in [9.17, 15) is 9.59 Å². The summed E-state index contributed by atoms with van der Waals surface area (Å²) in [6.07, 6.45) is 16.6. The van der Waals surface area contributed by atoms with Gasteiger partial charge in [-0.1, -0.05) is 90.9 Å². The molecule has 0 saturated heterocycles. The number of carbonyl (C=O) groups is 2. The maximum atomic E-state index is 11.5. The van der Waals surface area contributed by atoms with Crippen molar-refractivity contribution in [2.75, 3.05) is 19.8 Å². The van der Waals surface area contributed by atoms with Gasteiger partial charge in [0.05, 0.1) is 13.2 Å². The lowest BCUT2D eigenvalue weighted by Gasteiger charge is -2.07. The highest BCUT2D eigenvalue weighted by atomic mass is 16.6. The van der Waals surface area contributed by atoms with E-state index in [2.05, 4.69) is 12.2 Å². The highest BCUT2D eigenvalue weighted by Gasteiger charge is 2.06. The van der Waals surface area contributed by atoms with Crippen molar-refractivity contribution in [2.45, 2.75) is 104 Å². The highest BCUT2D eigenvalue weighted by Crippen LogP contribution is 2.11. The van der Waals surface area contributed by atoms with Crippen molar-refractivity contribution in [1.82, 2.24) is 5.32 Å². The molecule has 0 rings (SSSR count). The lowest BCUT2D eigenvalue weighted by atomic mass is 10.1. The number of hydrogen-bond donors (Lipinski definition) is 1. The van der Waals surface area contributed by atoms with Crippen LogP contribution < -0.4 is 5.32 Å². The minimum absolute atomic E-state index is 0.122. The summed E-state index contributed by atoms with van der Waals surface area (Å²) in [6.45, 7) is 4.97. The monoisotopic (exact) mass is 371 g/mol. The summed E-state index contributed by atoms with van der Waals surface area (Å²) in [6, 6.07) is 0. The number of rotatable bonds is 18. The van der Waals surface area contributed by atoms with Crippen LogP contribution >= 0.6 is 0 Å². The maximum Gasteiger partial charge on any atom is 0.407 e. The van der Waals surface area contributed by atoms with E-state index in [1.54, 1.807) is 0 Å². The number of hydrogen-bond acceptors (Lipinski definition) is 4. The first-order chi connectivity index (χ1) is 12.7. The van der Waals surface area contributed by atoms with E-state index in [-0.39, 0.29) is 6.54 Å². The fraction of sp³-hybridized carbons (Fsp3) is 0.905. The zero-order chi connectivity index (χ0) is 19.3. The van der Waals surface area contributed by atoms with Crippen LogP contribution in [-0.4, -0.2) is 31.8 Å². The fourth-order valence-corrected chi connectivity index (χ4v) is 2.68. The minimum atomic E-state index is -0.555. The summed E-state index contributed by atoms with van der Waals surface area (Å²) in [5, 5.41) is 2.40. The molecule has 0 fully saturated rings. The number of alkyl carbamates (subject to hydrolysis) is 1. The minimum Gasteiger partial charge on any atom is -0.464 e. The van der Waals surface area contributed by atoms with E-state index in [1.165, 1.54) is 64.2 Å². The molecule has 0 aromatic carbocycles. The van der Waals surface area contributed by atoms with Crippen LogP contribution in [0.15, 0.2) is 0 Å². The van der Waals surface area contributed by atoms with Crippen LogP contribution in [-0.2, 0) is 14.3 Å². The van der Waals surface area contributed by atoms with E-state index < -0.39 is 12.1 Å². The van der Waals surface area contributed by atoms with Crippen molar-refractivity contribution >= 4 is 12.1 Å². The topological polar surface area (TPSA) is 64.6 Å². The molecule has 0 heterocycles. The Bertz CT molecular complexity index is 334. The lowest BCUT2D eigenvalue weighted by molar-refractivity contribution is -0.142. The normalized spacial score (nSPS) is 10.5. The van der Waals surface area contributed by atoms with Gasteiger partial charge in [-0.2, -0.15) is 0 Å². The fourth-order valence-electron chi connectivity index (χ4n) is 2.68. The second kappa shape index (κ2) is 20.1. The third-order valence-corrected chi connectivity index (χ3v) is 4.37. The van der Waals surface area contributed by atoms with Crippen LogP contribution in [0.2, 0.25) is 0 Å². The zero-order valence-electron chi connectivity index (χ0n) is 17.2. The van der Waals surface area contributed by atoms with Crippen LogP contribution in [0.1, 0.15) is 104 Å². The number of carbonyl (C=O) groups excluding carboxylic acids is 2. The van der Waals surface area contributed by atoms with Gasteiger partial charge >= 0.3 is 12.1 Å². The molecule has 0 unspecified atom stereocenters. The van der Waals surface area contributed by atoms with Gasteiger partial charge in [-0.25, -0.2) is 4.79 Å². The van der Waals surface area contributed by atoms with Crippen LogP contribution in [0.5, 0.6) is 0 Å². The first-order valence-corrected chi connectivity index (χ1v) is 10.8. The van der Waals surface area contributed by atoms with Gasteiger partial charge in [0, 0.05) is 0 Å². The van der Waals surface area contributed by atoms with Gasteiger partial charge in [0.1, 0.15) is 6.54 Å². The summed E-state index contributed by atoms with van der Waals surface area (Å²) < 4.78 is 10.00. The quantitative estimate of drug-likeness (QED) is 0.246. The molecule has 5 heteroatoms. The van der Waals surface area contributed by atoms with Gasteiger partial charge in [-0.15, -0.1) is 0 Å². The summed E-state index contributed by atoms with van der Waals surface area (Å²) >= 11 is 0. The molecule has 0 aromatic heterocycles. The standard InChI is InChI=1S/C21H41NO4/c1-3-5-7-8-9-10-11-12-13-14-15-16-18-25-20(23)19-22-21(24)26-17-6-4-2/h3-19H2,1-2H3,(H,22,24). The largest absolute Gasteiger partial charge is 0.464 e. The Hall–Kier alpha value is -1.26. The first kappa shape index (κ1) is 24.7. The predicted molar refractivity (Wildman–Crippen MR) is 106 cm³/mol. The van der Waals surface area contributed by atoms with Crippen molar-refractivity contribution in [2.24, 2.45) is 0 Å². The Morgan fingerprint density at radius 3 is 1.62 bits per heavy atom. The zero-order valence-corrected chi connectivity index (χ0v) is 17.2. The summed E-state index contributed by atoms with van der Waals surface area (Å²) in [5.41, 5.74) is 0. The molecule has 0 saturated carbocycles. The molecule has 1 N–H and O–H groups in total. The van der Waals surface area contributed by atoms with Gasteiger partial charge in [-0.05, 0) is 12.8 Å². The molecule has 0 atom stereocenters. The number of amides is 1. The van der Waals surface area contributed by atoms with Crippen molar-refractivity contribution < 1.29 is 19.1 Å². The Balaban J connectivity index is 3.24. The summed E-state index contributed by atoms with van der Waals surface area (Å²) in [4.78, 5) is 22.8. The first-order valence-electron chi connectivity index (χ1n) is 10.8. The molecule has 5 nitrogen and oxygen atoms in total. The predicted octanol–water partition coefficient (Wildman–Crippen LogP) is 5.76.